The zero-order valence-electron chi connectivity index (χ0n) is 10.9. The fraction of sp³-hybridized carbons (Fsp3) is 0.714. The Morgan fingerprint density at radius 1 is 1.50 bits per heavy atom. The van der Waals surface area contributed by atoms with E-state index in [1.807, 2.05) is 13.8 Å². The van der Waals surface area contributed by atoms with Crippen molar-refractivity contribution in [2.24, 2.45) is 5.92 Å². The van der Waals surface area contributed by atoms with E-state index in [0.29, 0.717) is 6.61 Å². The molecular formula is C14H24O2. The molecule has 0 aromatic rings. The molecule has 16 heavy (non-hydrogen) atoms. The van der Waals surface area contributed by atoms with Crippen LogP contribution in [0.25, 0.3) is 0 Å². The molecule has 2 nitrogen and oxygen atoms in total. The number of allylic oxidation sites excluding steroid dienone is 2. The van der Waals surface area contributed by atoms with Gasteiger partial charge in [-0.15, -0.1) is 0 Å². The SMILES string of the molecule is C=C(CCC=C(C)C)C1COC(C)(C)C1O. The van der Waals surface area contributed by atoms with Crippen LogP contribution in [0.5, 0.6) is 0 Å². The highest BCUT2D eigenvalue weighted by atomic mass is 16.5. The second-order valence-electron chi connectivity index (χ2n) is 5.44. The molecule has 1 aliphatic heterocycles. The molecule has 92 valence electrons. The van der Waals surface area contributed by atoms with Crippen molar-refractivity contribution >= 4 is 0 Å². The molecular weight excluding hydrogens is 200 g/mol. The molecule has 2 heteroatoms. The summed E-state index contributed by atoms with van der Waals surface area (Å²) in [6.45, 7) is 12.7. The molecule has 0 spiro atoms. The number of aliphatic hydroxyl groups is 1. The highest BCUT2D eigenvalue weighted by molar-refractivity contribution is 5.11. The van der Waals surface area contributed by atoms with Crippen LogP contribution in [0.1, 0.15) is 40.5 Å². The Kier molecular flexibility index (Phi) is 4.34. The van der Waals surface area contributed by atoms with Gasteiger partial charge >= 0.3 is 0 Å². The average molecular weight is 224 g/mol. The Hall–Kier alpha value is -0.600. The maximum Gasteiger partial charge on any atom is 0.0911 e. The highest BCUT2D eigenvalue weighted by Gasteiger charge is 2.42. The molecule has 0 radical (unpaired) electrons. The maximum absolute atomic E-state index is 10.1. The molecule has 1 N–H and O–H groups in total. The standard InChI is InChI=1S/C14H24O2/c1-10(2)7-6-8-11(3)12-9-16-14(4,5)13(12)15/h7,12-13,15H,3,6,8-9H2,1-2,4-5H3. The summed E-state index contributed by atoms with van der Waals surface area (Å²) in [4.78, 5) is 0. The van der Waals surface area contributed by atoms with Crippen molar-refractivity contribution in [3.8, 4) is 0 Å². The molecule has 0 bridgehead atoms. The van der Waals surface area contributed by atoms with Crippen LogP contribution in [0, 0.1) is 5.92 Å². The van der Waals surface area contributed by atoms with E-state index >= 15 is 0 Å². The van der Waals surface area contributed by atoms with E-state index in [9.17, 15) is 5.11 Å². The van der Waals surface area contributed by atoms with Crippen LogP contribution in [0.3, 0.4) is 0 Å². The fourth-order valence-electron chi connectivity index (χ4n) is 2.04. The minimum atomic E-state index is -0.426. The lowest BCUT2D eigenvalue weighted by atomic mass is 9.87. The second kappa shape index (κ2) is 5.15. The summed E-state index contributed by atoms with van der Waals surface area (Å²) >= 11 is 0. The van der Waals surface area contributed by atoms with Crippen molar-refractivity contribution in [2.45, 2.75) is 52.2 Å². The van der Waals surface area contributed by atoms with Gasteiger partial charge in [-0.2, -0.15) is 0 Å². The molecule has 2 unspecified atom stereocenters. The van der Waals surface area contributed by atoms with Crippen LogP contribution in [0.2, 0.25) is 0 Å². The summed E-state index contributed by atoms with van der Waals surface area (Å²) in [5, 5.41) is 10.1. The highest BCUT2D eigenvalue weighted by Crippen LogP contribution is 2.34. The van der Waals surface area contributed by atoms with E-state index in [4.69, 9.17) is 4.74 Å². The number of hydrogen-bond acceptors (Lipinski definition) is 2. The molecule has 1 aliphatic rings. The van der Waals surface area contributed by atoms with Crippen LogP contribution in [-0.4, -0.2) is 23.4 Å². The Bertz CT molecular complexity index is 285. The smallest absolute Gasteiger partial charge is 0.0911 e. The van der Waals surface area contributed by atoms with Crippen molar-refractivity contribution in [3.63, 3.8) is 0 Å². The largest absolute Gasteiger partial charge is 0.389 e. The Morgan fingerprint density at radius 3 is 2.56 bits per heavy atom. The van der Waals surface area contributed by atoms with Gasteiger partial charge < -0.3 is 9.84 Å². The summed E-state index contributed by atoms with van der Waals surface area (Å²) in [7, 11) is 0. The Labute approximate surface area is 99.0 Å². The molecule has 1 saturated heterocycles. The molecule has 1 heterocycles. The minimum absolute atomic E-state index is 0.0977. The first kappa shape index (κ1) is 13.5. The number of ether oxygens (including phenoxy) is 1. The van der Waals surface area contributed by atoms with Crippen LogP contribution in [-0.2, 0) is 4.74 Å². The Balaban J connectivity index is 2.47. The predicted octanol–water partition coefficient (Wildman–Crippen LogP) is 3.07. The summed E-state index contributed by atoms with van der Waals surface area (Å²) in [6.07, 6.45) is 3.72. The number of aliphatic hydroxyl groups excluding tert-OH is 1. The van der Waals surface area contributed by atoms with Crippen molar-refractivity contribution < 1.29 is 9.84 Å². The lowest BCUT2D eigenvalue weighted by molar-refractivity contribution is -0.0304. The van der Waals surface area contributed by atoms with Gasteiger partial charge in [0.05, 0.1) is 18.3 Å². The zero-order chi connectivity index (χ0) is 12.3. The fourth-order valence-corrected chi connectivity index (χ4v) is 2.04. The minimum Gasteiger partial charge on any atom is -0.389 e. The van der Waals surface area contributed by atoms with Crippen LogP contribution in [0.15, 0.2) is 23.8 Å². The van der Waals surface area contributed by atoms with Crippen LogP contribution in [0.4, 0.5) is 0 Å². The molecule has 0 saturated carbocycles. The summed E-state index contributed by atoms with van der Waals surface area (Å²) in [6, 6.07) is 0. The topological polar surface area (TPSA) is 29.5 Å². The molecule has 0 aliphatic carbocycles. The van der Waals surface area contributed by atoms with Gasteiger partial charge in [0.2, 0.25) is 0 Å². The quantitative estimate of drug-likeness (QED) is 0.744. The first-order valence-corrected chi connectivity index (χ1v) is 5.97. The third-order valence-corrected chi connectivity index (χ3v) is 3.27. The monoisotopic (exact) mass is 224 g/mol. The van der Waals surface area contributed by atoms with E-state index in [0.717, 1.165) is 18.4 Å². The first-order valence-electron chi connectivity index (χ1n) is 5.97. The second-order valence-corrected chi connectivity index (χ2v) is 5.44. The number of rotatable bonds is 4. The first-order chi connectivity index (χ1) is 7.34. The van der Waals surface area contributed by atoms with Gasteiger partial charge in [0.1, 0.15) is 0 Å². The lowest BCUT2D eigenvalue weighted by Gasteiger charge is -2.24. The van der Waals surface area contributed by atoms with E-state index in [2.05, 4.69) is 26.5 Å². The van der Waals surface area contributed by atoms with Crippen LogP contribution < -0.4 is 0 Å². The average Bonchev–Trinajstić information content (AvgIpc) is 2.41. The van der Waals surface area contributed by atoms with Gasteiger partial charge in [-0.3, -0.25) is 0 Å². The van der Waals surface area contributed by atoms with Gasteiger partial charge in [-0.25, -0.2) is 0 Å². The van der Waals surface area contributed by atoms with Crippen molar-refractivity contribution in [3.05, 3.63) is 23.8 Å². The van der Waals surface area contributed by atoms with E-state index < -0.39 is 11.7 Å². The molecule has 0 aromatic carbocycles. The summed E-state index contributed by atoms with van der Waals surface area (Å²) < 4.78 is 5.59. The third-order valence-electron chi connectivity index (χ3n) is 3.27. The molecule has 2 atom stereocenters. The van der Waals surface area contributed by atoms with Gasteiger partial charge in [-0.1, -0.05) is 23.8 Å². The third kappa shape index (κ3) is 3.19. The lowest BCUT2D eigenvalue weighted by Crippen LogP contribution is -2.35. The van der Waals surface area contributed by atoms with E-state index in [-0.39, 0.29) is 5.92 Å². The van der Waals surface area contributed by atoms with Crippen molar-refractivity contribution in [1.82, 2.24) is 0 Å². The molecule has 1 fully saturated rings. The normalized spacial score (nSPS) is 27.8. The maximum atomic E-state index is 10.1. The van der Waals surface area contributed by atoms with Crippen molar-refractivity contribution in [1.29, 1.82) is 0 Å². The summed E-state index contributed by atoms with van der Waals surface area (Å²) in [5.74, 6) is 0.0977. The van der Waals surface area contributed by atoms with Gasteiger partial charge in [0, 0.05) is 5.92 Å². The van der Waals surface area contributed by atoms with E-state index in [1.54, 1.807) is 0 Å². The van der Waals surface area contributed by atoms with Gasteiger partial charge in [0.15, 0.2) is 0 Å². The number of hydrogen-bond donors (Lipinski definition) is 1. The molecule has 0 amide bonds. The predicted molar refractivity (Wildman–Crippen MR) is 67.3 cm³/mol. The van der Waals surface area contributed by atoms with Crippen LogP contribution >= 0.6 is 0 Å². The Morgan fingerprint density at radius 2 is 2.12 bits per heavy atom. The molecule has 0 aromatic heterocycles. The van der Waals surface area contributed by atoms with Crippen molar-refractivity contribution in [2.75, 3.05) is 6.61 Å². The zero-order valence-corrected chi connectivity index (χ0v) is 10.9. The molecule has 1 rings (SSSR count). The van der Waals surface area contributed by atoms with Gasteiger partial charge in [-0.05, 0) is 40.5 Å². The van der Waals surface area contributed by atoms with E-state index in [1.165, 1.54) is 5.57 Å². The summed E-state index contributed by atoms with van der Waals surface area (Å²) in [5.41, 5.74) is 2.01. The van der Waals surface area contributed by atoms with Gasteiger partial charge in [0.25, 0.3) is 0 Å².